The van der Waals surface area contributed by atoms with Crippen molar-refractivity contribution in [1.82, 2.24) is 0 Å². The van der Waals surface area contributed by atoms with Crippen molar-refractivity contribution in [1.29, 1.82) is 0 Å². The third-order valence-electron chi connectivity index (χ3n) is 6.76. The first-order valence-corrected chi connectivity index (χ1v) is 17.1. The molecule has 0 aromatic heterocycles. The molecule has 0 aliphatic rings. The zero-order chi connectivity index (χ0) is 23.6. The first kappa shape index (κ1) is 29.6. The molecule has 30 heavy (non-hydrogen) atoms. The van der Waals surface area contributed by atoms with E-state index in [-0.39, 0.29) is 18.7 Å². The van der Waals surface area contributed by atoms with E-state index >= 15 is 0 Å². The van der Waals surface area contributed by atoms with E-state index in [2.05, 4.69) is 54.5 Å². The second-order valence-corrected chi connectivity index (χ2v) is 19.2. The minimum atomic E-state index is -1.96. The standard InChI is InChI=1S/C24H50O4Si2/c1-12-19-21(27-29(13-2,14-3)15-4)24(11,20-26-22(25)23(8,9)10)28-30(16-5,17-6)18-7/h12,19,21H,13-18,20H2,1-11H3/b19-12+/t21-,24+/m0/s1. The van der Waals surface area contributed by atoms with Gasteiger partial charge in [-0.15, -0.1) is 0 Å². The van der Waals surface area contributed by atoms with Crippen LogP contribution in [0.3, 0.4) is 0 Å². The van der Waals surface area contributed by atoms with Crippen LogP contribution in [0.4, 0.5) is 0 Å². The van der Waals surface area contributed by atoms with Gasteiger partial charge in [0, 0.05) is 0 Å². The van der Waals surface area contributed by atoms with E-state index in [0.717, 1.165) is 36.3 Å². The van der Waals surface area contributed by atoms with Gasteiger partial charge in [-0.3, -0.25) is 4.79 Å². The monoisotopic (exact) mass is 458 g/mol. The van der Waals surface area contributed by atoms with E-state index in [9.17, 15) is 4.79 Å². The molecule has 178 valence electrons. The highest BCUT2D eigenvalue weighted by Gasteiger charge is 2.46. The van der Waals surface area contributed by atoms with Crippen LogP contribution >= 0.6 is 0 Å². The first-order valence-electron chi connectivity index (χ1n) is 12.0. The van der Waals surface area contributed by atoms with E-state index in [0.29, 0.717) is 0 Å². The molecule has 0 saturated carbocycles. The fraction of sp³-hybridized carbons (Fsp3) is 0.875. The summed E-state index contributed by atoms with van der Waals surface area (Å²) in [7, 11) is -3.84. The van der Waals surface area contributed by atoms with Crippen molar-refractivity contribution in [3.8, 4) is 0 Å². The number of esters is 1. The molecular formula is C24H50O4Si2. The maximum Gasteiger partial charge on any atom is 0.311 e. The summed E-state index contributed by atoms with van der Waals surface area (Å²) in [6.07, 6.45) is 3.94. The Morgan fingerprint density at radius 3 is 1.60 bits per heavy atom. The molecule has 0 radical (unpaired) electrons. The highest BCUT2D eigenvalue weighted by molar-refractivity contribution is 6.74. The smallest absolute Gasteiger partial charge is 0.311 e. The highest BCUT2D eigenvalue weighted by Crippen LogP contribution is 2.35. The Kier molecular flexibility index (Phi) is 12.4. The van der Waals surface area contributed by atoms with Crippen molar-refractivity contribution >= 4 is 22.6 Å². The summed E-state index contributed by atoms with van der Waals surface area (Å²) in [6, 6.07) is 6.35. The summed E-state index contributed by atoms with van der Waals surface area (Å²) in [5, 5.41) is 0. The molecule has 0 spiro atoms. The first-order chi connectivity index (χ1) is 13.9. The van der Waals surface area contributed by atoms with Crippen LogP contribution in [-0.2, 0) is 18.4 Å². The predicted molar refractivity (Wildman–Crippen MR) is 134 cm³/mol. The number of allylic oxidation sites excluding steroid dienone is 1. The van der Waals surface area contributed by atoms with E-state index in [4.69, 9.17) is 13.6 Å². The summed E-state index contributed by atoms with van der Waals surface area (Å²) < 4.78 is 19.8. The molecule has 2 atom stereocenters. The molecule has 0 fully saturated rings. The Bertz CT molecular complexity index is 517. The van der Waals surface area contributed by atoms with Crippen LogP contribution in [0.5, 0.6) is 0 Å². The van der Waals surface area contributed by atoms with E-state index in [1.807, 2.05) is 33.8 Å². The topological polar surface area (TPSA) is 44.8 Å². The van der Waals surface area contributed by atoms with Crippen LogP contribution in [0.15, 0.2) is 12.2 Å². The highest BCUT2D eigenvalue weighted by atomic mass is 28.4. The lowest BCUT2D eigenvalue weighted by molar-refractivity contribution is -0.162. The van der Waals surface area contributed by atoms with Gasteiger partial charge in [0.1, 0.15) is 12.2 Å². The second-order valence-electron chi connectivity index (χ2n) is 9.79. The summed E-state index contributed by atoms with van der Waals surface area (Å²) in [4.78, 5) is 12.6. The molecule has 0 aromatic rings. The van der Waals surface area contributed by atoms with Gasteiger partial charge in [-0.1, -0.05) is 53.7 Å². The number of hydrogen-bond acceptors (Lipinski definition) is 4. The summed E-state index contributed by atoms with van der Waals surface area (Å²) in [5.74, 6) is -0.196. The fourth-order valence-electron chi connectivity index (χ4n) is 3.87. The number of hydrogen-bond donors (Lipinski definition) is 0. The number of rotatable bonds is 14. The van der Waals surface area contributed by atoms with Crippen LogP contribution < -0.4 is 0 Å². The summed E-state index contributed by atoms with van der Waals surface area (Å²) in [6.45, 7) is 23.4. The Morgan fingerprint density at radius 2 is 1.27 bits per heavy atom. The molecule has 0 heterocycles. The Labute approximate surface area is 189 Å². The van der Waals surface area contributed by atoms with Gasteiger partial charge in [-0.25, -0.2) is 0 Å². The third kappa shape index (κ3) is 7.92. The van der Waals surface area contributed by atoms with Gasteiger partial charge in [0.15, 0.2) is 16.6 Å². The molecule has 0 amide bonds. The predicted octanol–water partition coefficient (Wildman–Crippen LogP) is 7.32. The van der Waals surface area contributed by atoms with Gasteiger partial charge >= 0.3 is 5.97 Å². The van der Waals surface area contributed by atoms with Crippen molar-refractivity contribution in [2.45, 2.75) is 124 Å². The van der Waals surface area contributed by atoms with Crippen molar-refractivity contribution in [3.05, 3.63) is 12.2 Å². The fourth-order valence-corrected chi connectivity index (χ4v) is 9.83. The van der Waals surface area contributed by atoms with Gasteiger partial charge < -0.3 is 13.6 Å². The quantitative estimate of drug-likeness (QED) is 0.155. The zero-order valence-electron chi connectivity index (χ0n) is 21.8. The summed E-state index contributed by atoms with van der Waals surface area (Å²) in [5.41, 5.74) is -1.24. The Balaban J connectivity index is 6.20. The SMILES string of the molecule is C/C=C/[C@H](O[Si](CC)(CC)CC)[C@@](C)(COC(=O)C(C)(C)C)O[Si](CC)(CC)CC. The van der Waals surface area contributed by atoms with E-state index in [1.54, 1.807) is 0 Å². The molecule has 0 aliphatic carbocycles. The van der Waals surface area contributed by atoms with Crippen LogP contribution in [0.1, 0.15) is 76.2 Å². The molecule has 0 aromatic carbocycles. The van der Waals surface area contributed by atoms with Gasteiger partial charge in [-0.2, -0.15) is 0 Å². The van der Waals surface area contributed by atoms with Crippen LogP contribution in [-0.4, -0.2) is 40.9 Å². The molecular weight excluding hydrogens is 408 g/mol. The number of carbonyl (C=O) groups is 1. The number of ether oxygens (including phenoxy) is 1. The lowest BCUT2D eigenvalue weighted by atomic mass is 9.96. The molecule has 0 rings (SSSR count). The Hall–Kier alpha value is -0.436. The van der Waals surface area contributed by atoms with Crippen molar-refractivity contribution in [2.75, 3.05) is 6.61 Å². The third-order valence-corrected chi connectivity index (χ3v) is 16.1. The maximum atomic E-state index is 12.6. The van der Waals surface area contributed by atoms with Gasteiger partial charge in [0.05, 0.1) is 11.5 Å². The normalized spacial score (nSPS) is 16.5. The minimum Gasteiger partial charge on any atom is -0.462 e. The molecule has 6 heteroatoms. The molecule has 0 N–H and O–H groups in total. The second kappa shape index (κ2) is 12.6. The average molecular weight is 459 g/mol. The van der Waals surface area contributed by atoms with Crippen molar-refractivity contribution < 1.29 is 18.4 Å². The summed E-state index contributed by atoms with van der Waals surface area (Å²) >= 11 is 0. The lowest BCUT2D eigenvalue weighted by Crippen LogP contribution is -2.58. The molecule has 0 aliphatic heterocycles. The van der Waals surface area contributed by atoms with Crippen molar-refractivity contribution in [3.63, 3.8) is 0 Å². The minimum absolute atomic E-state index is 0.196. The van der Waals surface area contributed by atoms with Gasteiger partial charge in [0.2, 0.25) is 0 Å². The van der Waals surface area contributed by atoms with Crippen LogP contribution in [0, 0.1) is 5.41 Å². The zero-order valence-corrected chi connectivity index (χ0v) is 23.8. The largest absolute Gasteiger partial charge is 0.462 e. The number of carbonyl (C=O) groups excluding carboxylic acids is 1. The molecule has 4 nitrogen and oxygen atoms in total. The van der Waals surface area contributed by atoms with E-state index in [1.165, 1.54) is 0 Å². The molecule has 0 unspecified atom stereocenters. The van der Waals surface area contributed by atoms with Crippen LogP contribution in [0.2, 0.25) is 36.3 Å². The van der Waals surface area contributed by atoms with Crippen LogP contribution in [0.25, 0.3) is 0 Å². The lowest BCUT2D eigenvalue weighted by Gasteiger charge is -2.46. The molecule has 0 saturated heterocycles. The van der Waals surface area contributed by atoms with Gasteiger partial charge in [0.25, 0.3) is 0 Å². The maximum absolute atomic E-state index is 12.6. The average Bonchev–Trinajstić information content (AvgIpc) is 2.73. The Morgan fingerprint density at radius 1 is 0.833 bits per heavy atom. The van der Waals surface area contributed by atoms with Gasteiger partial charge in [-0.05, 0) is 70.9 Å². The molecule has 0 bridgehead atoms. The van der Waals surface area contributed by atoms with Crippen molar-refractivity contribution in [2.24, 2.45) is 5.41 Å². The van der Waals surface area contributed by atoms with E-state index < -0.39 is 27.7 Å².